The van der Waals surface area contributed by atoms with Crippen molar-refractivity contribution in [2.24, 2.45) is 11.0 Å². The quantitative estimate of drug-likeness (QED) is 0.691. The van der Waals surface area contributed by atoms with E-state index in [2.05, 4.69) is 17.5 Å². The van der Waals surface area contributed by atoms with E-state index in [9.17, 15) is 4.79 Å². The number of amides is 1. The van der Waals surface area contributed by atoms with Crippen LogP contribution in [-0.2, 0) is 6.61 Å². The third-order valence-electron chi connectivity index (χ3n) is 4.82. The van der Waals surface area contributed by atoms with E-state index in [1.54, 1.807) is 12.1 Å². The minimum absolute atomic E-state index is 0.176. The molecule has 0 radical (unpaired) electrons. The fourth-order valence-corrected chi connectivity index (χ4v) is 3.27. The zero-order valence-electron chi connectivity index (χ0n) is 16.6. The van der Waals surface area contributed by atoms with Gasteiger partial charge in [0.2, 0.25) is 0 Å². The zero-order chi connectivity index (χ0) is 19.8. The molecule has 1 aliphatic carbocycles. The number of hydrazone groups is 1. The SMILES string of the molecule is CCOc1ccc(OCc2ccc(C(=O)N/N=C3/CCC[C@@H](C)C3)cc2)cc1. The molecule has 0 unspecified atom stereocenters. The maximum Gasteiger partial charge on any atom is 0.271 e. The van der Waals surface area contributed by atoms with E-state index in [1.807, 2.05) is 43.3 Å². The topological polar surface area (TPSA) is 59.9 Å². The molecular formula is C23H28N2O3. The van der Waals surface area contributed by atoms with Crippen molar-refractivity contribution in [3.8, 4) is 11.5 Å². The zero-order valence-corrected chi connectivity index (χ0v) is 16.6. The summed E-state index contributed by atoms with van der Waals surface area (Å²) >= 11 is 0. The first-order valence-corrected chi connectivity index (χ1v) is 9.94. The van der Waals surface area contributed by atoms with Crippen LogP contribution in [0.25, 0.3) is 0 Å². The molecule has 1 atom stereocenters. The Labute approximate surface area is 166 Å². The molecule has 1 fully saturated rings. The Morgan fingerprint density at radius 3 is 2.39 bits per heavy atom. The lowest BCUT2D eigenvalue weighted by molar-refractivity contribution is 0.0954. The Bertz CT molecular complexity index is 798. The molecule has 1 N–H and O–H groups in total. The number of nitrogens with zero attached hydrogens (tertiary/aromatic N) is 1. The predicted octanol–water partition coefficient (Wildman–Crippen LogP) is 4.96. The van der Waals surface area contributed by atoms with Crippen LogP contribution < -0.4 is 14.9 Å². The van der Waals surface area contributed by atoms with Gasteiger partial charge < -0.3 is 9.47 Å². The van der Waals surface area contributed by atoms with Crippen molar-refractivity contribution in [2.75, 3.05) is 6.61 Å². The molecule has 0 spiro atoms. The molecule has 1 aliphatic rings. The van der Waals surface area contributed by atoms with E-state index in [0.29, 0.717) is 24.7 Å². The predicted molar refractivity (Wildman–Crippen MR) is 111 cm³/mol. The van der Waals surface area contributed by atoms with Gasteiger partial charge in [-0.1, -0.05) is 19.1 Å². The van der Waals surface area contributed by atoms with Gasteiger partial charge in [0, 0.05) is 11.3 Å². The Morgan fingerprint density at radius 1 is 1.07 bits per heavy atom. The first-order valence-electron chi connectivity index (χ1n) is 9.94. The molecule has 3 rings (SSSR count). The van der Waals surface area contributed by atoms with Crippen LogP contribution in [0.4, 0.5) is 0 Å². The molecule has 0 bridgehead atoms. The van der Waals surface area contributed by atoms with Crippen LogP contribution in [0.5, 0.6) is 11.5 Å². The molecular weight excluding hydrogens is 352 g/mol. The van der Waals surface area contributed by atoms with Gasteiger partial charge in [-0.2, -0.15) is 5.10 Å². The van der Waals surface area contributed by atoms with Gasteiger partial charge >= 0.3 is 0 Å². The normalized spacial score (nSPS) is 17.9. The van der Waals surface area contributed by atoms with Crippen molar-refractivity contribution in [2.45, 2.75) is 46.1 Å². The lowest BCUT2D eigenvalue weighted by Crippen LogP contribution is -2.22. The van der Waals surface area contributed by atoms with Gasteiger partial charge in [0.1, 0.15) is 18.1 Å². The van der Waals surface area contributed by atoms with Gasteiger partial charge in [-0.15, -0.1) is 0 Å². The summed E-state index contributed by atoms with van der Waals surface area (Å²) in [5.74, 6) is 2.09. The molecule has 0 saturated heterocycles. The highest BCUT2D eigenvalue weighted by Crippen LogP contribution is 2.21. The molecule has 1 saturated carbocycles. The Morgan fingerprint density at radius 2 is 1.75 bits per heavy atom. The first kappa shape index (κ1) is 19.9. The molecule has 2 aromatic carbocycles. The lowest BCUT2D eigenvalue weighted by atomic mass is 9.89. The number of benzene rings is 2. The fourth-order valence-electron chi connectivity index (χ4n) is 3.27. The van der Waals surface area contributed by atoms with Gasteiger partial charge in [0.25, 0.3) is 5.91 Å². The second kappa shape index (κ2) is 9.93. The second-order valence-electron chi connectivity index (χ2n) is 7.21. The standard InChI is InChI=1S/C23H28N2O3/c1-3-27-21-11-13-22(14-12-21)28-16-18-7-9-19(10-8-18)23(26)25-24-20-6-4-5-17(2)15-20/h7-14,17H,3-6,15-16H2,1-2H3,(H,25,26)/b24-20-/t17-/m1/s1. The summed E-state index contributed by atoms with van der Waals surface area (Å²) in [5, 5.41) is 4.31. The van der Waals surface area contributed by atoms with Crippen molar-refractivity contribution < 1.29 is 14.3 Å². The fraction of sp³-hybridized carbons (Fsp3) is 0.391. The van der Waals surface area contributed by atoms with E-state index in [1.165, 1.54) is 6.42 Å². The second-order valence-corrected chi connectivity index (χ2v) is 7.21. The monoisotopic (exact) mass is 380 g/mol. The third-order valence-corrected chi connectivity index (χ3v) is 4.82. The maximum atomic E-state index is 12.3. The first-order chi connectivity index (χ1) is 13.6. The molecule has 28 heavy (non-hydrogen) atoms. The number of rotatable bonds is 7. The van der Waals surface area contributed by atoms with Crippen LogP contribution in [0.2, 0.25) is 0 Å². The highest BCUT2D eigenvalue weighted by Gasteiger charge is 2.14. The summed E-state index contributed by atoms with van der Waals surface area (Å²) in [7, 11) is 0. The van der Waals surface area contributed by atoms with Crippen LogP contribution in [0.3, 0.4) is 0 Å². The summed E-state index contributed by atoms with van der Waals surface area (Å²) in [6, 6.07) is 15.0. The minimum atomic E-state index is -0.176. The van der Waals surface area contributed by atoms with Gasteiger partial charge in [-0.3, -0.25) is 4.79 Å². The van der Waals surface area contributed by atoms with Crippen molar-refractivity contribution in [3.05, 3.63) is 59.7 Å². The molecule has 0 aromatic heterocycles. The van der Waals surface area contributed by atoms with Crippen molar-refractivity contribution >= 4 is 11.6 Å². The summed E-state index contributed by atoms with van der Waals surface area (Å²) in [5.41, 5.74) is 5.37. The molecule has 148 valence electrons. The highest BCUT2D eigenvalue weighted by molar-refractivity contribution is 5.95. The minimum Gasteiger partial charge on any atom is -0.494 e. The Hall–Kier alpha value is -2.82. The van der Waals surface area contributed by atoms with Crippen LogP contribution in [-0.4, -0.2) is 18.2 Å². The van der Waals surface area contributed by atoms with Gasteiger partial charge in [-0.25, -0.2) is 5.43 Å². The number of carbonyl (C=O) groups is 1. The number of hydrogen-bond donors (Lipinski definition) is 1. The summed E-state index contributed by atoms with van der Waals surface area (Å²) < 4.78 is 11.2. The van der Waals surface area contributed by atoms with Crippen LogP contribution in [0, 0.1) is 5.92 Å². The maximum absolute atomic E-state index is 12.3. The van der Waals surface area contributed by atoms with Gasteiger partial charge in [-0.05, 0) is 80.5 Å². The average Bonchev–Trinajstić information content (AvgIpc) is 2.72. The summed E-state index contributed by atoms with van der Waals surface area (Å²) in [6.07, 6.45) is 4.35. The molecule has 1 amide bonds. The number of carbonyl (C=O) groups excluding carboxylic acids is 1. The number of ether oxygens (including phenoxy) is 2. The number of hydrogen-bond acceptors (Lipinski definition) is 4. The number of nitrogens with one attached hydrogen (secondary N) is 1. The molecule has 0 aliphatic heterocycles. The van der Waals surface area contributed by atoms with E-state index < -0.39 is 0 Å². The molecule has 2 aromatic rings. The average molecular weight is 380 g/mol. The third kappa shape index (κ3) is 5.84. The van der Waals surface area contributed by atoms with Crippen molar-refractivity contribution in [1.29, 1.82) is 0 Å². The van der Waals surface area contributed by atoms with E-state index in [0.717, 1.165) is 42.0 Å². The van der Waals surface area contributed by atoms with E-state index in [4.69, 9.17) is 9.47 Å². The lowest BCUT2D eigenvalue weighted by Gasteiger charge is -2.18. The van der Waals surface area contributed by atoms with Gasteiger partial charge in [0.05, 0.1) is 6.61 Å². The van der Waals surface area contributed by atoms with E-state index >= 15 is 0 Å². The Balaban J connectivity index is 1.50. The van der Waals surface area contributed by atoms with Crippen molar-refractivity contribution in [1.82, 2.24) is 5.43 Å². The highest BCUT2D eigenvalue weighted by atomic mass is 16.5. The molecule has 5 heteroatoms. The molecule has 0 heterocycles. The van der Waals surface area contributed by atoms with Gasteiger partial charge in [0.15, 0.2) is 0 Å². The summed E-state index contributed by atoms with van der Waals surface area (Å²) in [4.78, 5) is 12.3. The van der Waals surface area contributed by atoms with Crippen LogP contribution in [0.15, 0.2) is 53.6 Å². The van der Waals surface area contributed by atoms with Crippen molar-refractivity contribution in [3.63, 3.8) is 0 Å². The smallest absolute Gasteiger partial charge is 0.271 e. The van der Waals surface area contributed by atoms with Crippen LogP contribution in [0.1, 0.15) is 55.5 Å². The molecule has 5 nitrogen and oxygen atoms in total. The van der Waals surface area contributed by atoms with E-state index in [-0.39, 0.29) is 5.91 Å². The van der Waals surface area contributed by atoms with Crippen LogP contribution >= 0.6 is 0 Å². The largest absolute Gasteiger partial charge is 0.494 e. The summed E-state index contributed by atoms with van der Waals surface area (Å²) in [6.45, 7) is 5.27. The Kier molecular flexibility index (Phi) is 7.06.